The van der Waals surface area contributed by atoms with Crippen LogP contribution < -0.4 is 0 Å². The van der Waals surface area contributed by atoms with Crippen molar-refractivity contribution in [1.82, 2.24) is 9.97 Å². The van der Waals surface area contributed by atoms with Gasteiger partial charge in [0.05, 0.1) is 11.2 Å². The third-order valence-electron chi connectivity index (χ3n) is 10.2. The van der Waals surface area contributed by atoms with Gasteiger partial charge in [-0.1, -0.05) is 111 Å². The number of benzene rings is 6. The molecule has 0 unspecified atom stereocenters. The molecular weight excluding hydrogens is 560 g/mol. The minimum Gasteiger partial charge on any atom is -0.455 e. The van der Waals surface area contributed by atoms with Gasteiger partial charge in [-0.05, 0) is 68.2 Å². The average Bonchev–Trinajstić information content (AvgIpc) is 3.60. The Kier molecular flexibility index (Phi) is 5.06. The molecule has 216 valence electrons. The summed E-state index contributed by atoms with van der Waals surface area (Å²) in [6.45, 7) is 4.67. The molecule has 3 heterocycles. The van der Waals surface area contributed by atoms with E-state index in [1.807, 2.05) is 18.5 Å². The van der Waals surface area contributed by atoms with Crippen LogP contribution in [0.5, 0.6) is 0 Å². The van der Waals surface area contributed by atoms with E-state index in [0.717, 1.165) is 49.5 Å². The Morgan fingerprint density at radius 2 is 1.28 bits per heavy atom. The number of hydrogen-bond acceptors (Lipinski definition) is 3. The van der Waals surface area contributed by atoms with Crippen LogP contribution in [0, 0.1) is 0 Å². The van der Waals surface area contributed by atoms with Crippen molar-refractivity contribution in [2.75, 3.05) is 0 Å². The van der Waals surface area contributed by atoms with Crippen LogP contribution in [0.4, 0.5) is 0 Å². The van der Waals surface area contributed by atoms with Crippen molar-refractivity contribution in [2.45, 2.75) is 19.3 Å². The first-order chi connectivity index (χ1) is 22.6. The predicted octanol–water partition coefficient (Wildman–Crippen LogP) is 11.5. The van der Waals surface area contributed by atoms with Gasteiger partial charge in [0.25, 0.3) is 0 Å². The minimum absolute atomic E-state index is 0.157. The standard InChI is InChI=1S/C43H28N2O/c1-43(2)35-15-5-3-9-31(35)40-36(43)23-33(39-32-10-4-6-16-38(32)46-42(39)40)29-13-7-12-28-27(29)11-8-14-30(28)37-20-19-26-18-17-25-21-22-44-24-34(25)41(26)45-37/h3-24H,1-2H3. The molecule has 3 heteroatoms. The third-order valence-corrected chi connectivity index (χ3v) is 10.2. The Bertz CT molecular complexity index is 2730. The van der Waals surface area contributed by atoms with E-state index in [4.69, 9.17) is 9.40 Å². The largest absolute Gasteiger partial charge is 0.455 e. The third kappa shape index (κ3) is 3.37. The molecule has 10 rings (SSSR count). The monoisotopic (exact) mass is 588 g/mol. The summed E-state index contributed by atoms with van der Waals surface area (Å²) in [7, 11) is 0. The number of para-hydroxylation sites is 1. The molecule has 9 aromatic rings. The lowest BCUT2D eigenvalue weighted by molar-refractivity contribution is 0.653. The van der Waals surface area contributed by atoms with Crippen LogP contribution in [0.1, 0.15) is 25.0 Å². The van der Waals surface area contributed by atoms with Crippen molar-refractivity contribution in [2.24, 2.45) is 0 Å². The van der Waals surface area contributed by atoms with Crippen molar-refractivity contribution >= 4 is 54.4 Å². The fourth-order valence-electron chi connectivity index (χ4n) is 7.93. The van der Waals surface area contributed by atoms with Gasteiger partial charge in [0.15, 0.2) is 0 Å². The van der Waals surface area contributed by atoms with Crippen LogP contribution in [0.3, 0.4) is 0 Å². The van der Waals surface area contributed by atoms with Gasteiger partial charge in [-0.15, -0.1) is 0 Å². The van der Waals surface area contributed by atoms with Gasteiger partial charge in [0.1, 0.15) is 11.2 Å². The van der Waals surface area contributed by atoms with Crippen LogP contribution >= 0.6 is 0 Å². The summed E-state index contributed by atoms with van der Waals surface area (Å²) in [5, 5.41) is 8.01. The second-order valence-corrected chi connectivity index (χ2v) is 13.0. The van der Waals surface area contributed by atoms with Crippen molar-refractivity contribution < 1.29 is 4.42 Å². The summed E-state index contributed by atoms with van der Waals surface area (Å²) in [4.78, 5) is 9.65. The highest BCUT2D eigenvalue weighted by Gasteiger charge is 2.38. The van der Waals surface area contributed by atoms with Gasteiger partial charge in [0.2, 0.25) is 0 Å². The number of nitrogens with zero attached hydrogens (tertiary/aromatic N) is 2. The molecule has 1 aliphatic carbocycles. The summed E-state index contributed by atoms with van der Waals surface area (Å²) >= 11 is 0. The normalized spacial score (nSPS) is 13.6. The highest BCUT2D eigenvalue weighted by Crippen LogP contribution is 2.55. The maximum Gasteiger partial charge on any atom is 0.144 e. The van der Waals surface area contributed by atoms with E-state index in [9.17, 15) is 0 Å². The second kappa shape index (κ2) is 9.12. The van der Waals surface area contributed by atoms with Crippen LogP contribution in [0.15, 0.2) is 138 Å². The second-order valence-electron chi connectivity index (χ2n) is 13.0. The number of rotatable bonds is 2. The van der Waals surface area contributed by atoms with Crippen molar-refractivity contribution in [1.29, 1.82) is 0 Å². The van der Waals surface area contributed by atoms with Crippen LogP contribution in [-0.2, 0) is 5.41 Å². The smallest absolute Gasteiger partial charge is 0.144 e. The van der Waals surface area contributed by atoms with E-state index in [1.165, 1.54) is 49.5 Å². The topological polar surface area (TPSA) is 38.9 Å². The molecule has 0 bridgehead atoms. The van der Waals surface area contributed by atoms with Crippen molar-refractivity contribution in [3.8, 4) is 33.5 Å². The molecule has 0 radical (unpaired) electrons. The molecule has 0 saturated heterocycles. The Morgan fingerprint density at radius 1 is 0.565 bits per heavy atom. The summed E-state index contributed by atoms with van der Waals surface area (Å²) < 4.78 is 6.77. The molecule has 46 heavy (non-hydrogen) atoms. The van der Waals surface area contributed by atoms with E-state index < -0.39 is 0 Å². The lowest BCUT2D eigenvalue weighted by Gasteiger charge is -2.22. The minimum atomic E-state index is -0.157. The maximum absolute atomic E-state index is 6.77. The maximum atomic E-state index is 6.77. The first-order valence-electron chi connectivity index (χ1n) is 15.8. The van der Waals surface area contributed by atoms with E-state index >= 15 is 0 Å². The van der Waals surface area contributed by atoms with E-state index in [0.29, 0.717) is 0 Å². The molecule has 0 aliphatic heterocycles. The Balaban J connectivity index is 1.27. The van der Waals surface area contributed by atoms with Crippen LogP contribution in [-0.4, -0.2) is 9.97 Å². The molecule has 6 aromatic carbocycles. The first kappa shape index (κ1) is 25.5. The molecule has 1 aliphatic rings. The van der Waals surface area contributed by atoms with Crippen molar-refractivity contribution in [3.63, 3.8) is 0 Å². The first-order valence-corrected chi connectivity index (χ1v) is 15.8. The summed E-state index contributed by atoms with van der Waals surface area (Å²) in [5.74, 6) is 0. The number of furan rings is 1. The highest BCUT2D eigenvalue weighted by atomic mass is 16.3. The van der Waals surface area contributed by atoms with Gasteiger partial charge < -0.3 is 4.42 Å². The highest BCUT2D eigenvalue weighted by molar-refractivity contribution is 6.20. The van der Waals surface area contributed by atoms with Crippen LogP contribution in [0.25, 0.3) is 87.9 Å². The predicted molar refractivity (Wildman–Crippen MR) is 190 cm³/mol. The fourth-order valence-corrected chi connectivity index (χ4v) is 7.93. The molecule has 3 aromatic heterocycles. The number of pyridine rings is 2. The molecule has 3 nitrogen and oxygen atoms in total. The molecule has 0 fully saturated rings. The SMILES string of the molecule is CC1(C)c2ccccc2-c2c1cc(-c1cccc3c(-c4ccc5ccc6ccncc6c5n4)cccc13)c1c2oc2ccccc21. The van der Waals surface area contributed by atoms with Gasteiger partial charge in [-0.25, -0.2) is 4.98 Å². The van der Waals surface area contributed by atoms with Gasteiger partial charge in [-0.3, -0.25) is 4.98 Å². The number of fused-ring (bicyclic) bond motifs is 11. The van der Waals surface area contributed by atoms with E-state index in [2.05, 4.69) is 134 Å². The lowest BCUT2D eigenvalue weighted by atomic mass is 9.80. The van der Waals surface area contributed by atoms with Gasteiger partial charge in [-0.2, -0.15) is 0 Å². The lowest BCUT2D eigenvalue weighted by Crippen LogP contribution is -2.15. The molecule has 0 atom stereocenters. The Morgan fingerprint density at radius 3 is 2.20 bits per heavy atom. The Labute approximate surface area is 265 Å². The zero-order valence-corrected chi connectivity index (χ0v) is 25.5. The number of aromatic nitrogens is 2. The molecular formula is C43H28N2O. The molecule has 0 amide bonds. The Hall–Kier alpha value is -5.80. The fraction of sp³-hybridized carbons (Fsp3) is 0.0698. The zero-order chi connectivity index (χ0) is 30.6. The molecule has 0 saturated carbocycles. The van der Waals surface area contributed by atoms with Gasteiger partial charge in [0, 0.05) is 50.5 Å². The van der Waals surface area contributed by atoms with Crippen molar-refractivity contribution in [3.05, 3.63) is 145 Å². The van der Waals surface area contributed by atoms with Gasteiger partial charge >= 0.3 is 0 Å². The summed E-state index contributed by atoms with van der Waals surface area (Å²) in [6.07, 6.45) is 3.76. The summed E-state index contributed by atoms with van der Waals surface area (Å²) in [6, 6.07) is 43.6. The average molecular weight is 589 g/mol. The van der Waals surface area contributed by atoms with Crippen LogP contribution in [0.2, 0.25) is 0 Å². The molecule has 0 spiro atoms. The zero-order valence-electron chi connectivity index (χ0n) is 25.5. The summed E-state index contributed by atoms with van der Waals surface area (Å²) in [5.41, 5.74) is 12.3. The quantitative estimate of drug-likeness (QED) is 0.189. The number of hydrogen-bond donors (Lipinski definition) is 0. The van der Waals surface area contributed by atoms with E-state index in [1.54, 1.807) is 0 Å². The molecule has 0 N–H and O–H groups in total. The van der Waals surface area contributed by atoms with E-state index in [-0.39, 0.29) is 5.41 Å².